The Labute approximate surface area is 214 Å². The van der Waals surface area contributed by atoms with Gasteiger partial charge in [-0.15, -0.1) is 0 Å². The summed E-state index contributed by atoms with van der Waals surface area (Å²) in [5.74, 6) is 1.45. The minimum absolute atomic E-state index is 0.556. The van der Waals surface area contributed by atoms with Gasteiger partial charge in [0.05, 0.1) is 7.11 Å². The molecule has 0 fully saturated rings. The summed E-state index contributed by atoms with van der Waals surface area (Å²) in [6.45, 7) is 13.2. The molecule has 1 aromatic rings. The van der Waals surface area contributed by atoms with E-state index >= 15 is 0 Å². The van der Waals surface area contributed by atoms with Gasteiger partial charge < -0.3 is 4.74 Å². The van der Waals surface area contributed by atoms with Crippen LogP contribution < -0.4 is 4.74 Å². The molecule has 1 aromatic carbocycles. The Kier molecular flexibility index (Phi) is 15.2. The van der Waals surface area contributed by atoms with Crippen LogP contribution in [0.2, 0.25) is 0 Å². The maximum absolute atomic E-state index is 5.99. The van der Waals surface area contributed by atoms with Gasteiger partial charge in [0.1, 0.15) is 0 Å². The molecule has 0 aliphatic rings. The van der Waals surface area contributed by atoms with E-state index in [-0.39, 0.29) is 0 Å². The molecule has 0 aliphatic carbocycles. The summed E-state index contributed by atoms with van der Waals surface area (Å²) in [4.78, 5) is 0. The number of benzene rings is 1. The molecule has 4 heteroatoms. The summed E-state index contributed by atoms with van der Waals surface area (Å²) >= 11 is 4.58. The van der Waals surface area contributed by atoms with Crippen LogP contribution >= 0.6 is 20.8 Å². The van der Waals surface area contributed by atoms with Crippen LogP contribution in [0.1, 0.15) is 91.5 Å². The number of ether oxygens (including phenoxy) is 2. The Morgan fingerprint density at radius 2 is 1.48 bits per heavy atom. The first-order valence-corrected chi connectivity index (χ1v) is 18.4. The van der Waals surface area contributed by atoms with E-state index in [1.54, 1.807) is 12.7 Å². The summed E-state index contributed by atoms with van der Waals surface area (Å²) in [7, 11) is 1.70. The molecule has 0 radical (unpaired) electrons. The molecule has 0 aromatic heterocycles. The molecule has 0 saturated carbocycles. The van der Waals surface area contributed by atoms with Gasteiger partial charge >= 0.3 is 203 Å². The molecule has 2 nitrogen and oxygen atoms in total. The molecule has 192 valence electrons. The van der Waals surface area contributed by atoms with Crippen LogP contribution in [0.5, 0.6) is 5.75 Å². The fraction of sp³-hybridized carbons (Fsp3) is 0.724. The van der Waals surface area contributed by atoms with E-state index in [2.05, 4.69) is 68.3 Å². The van der Waals surface area contributed by atoms with E-state index in [1.807, 2.05) is 12.1 Å². The van der Waals surface area contributed by atoms with Crippen molar-refractivity contribution < 1.29 is 9.47 Å². The van der Waals surface area contributed by atoms with Crippen LogP contribution in [0.3, 0.4) is 0 Å². The van der Waals surface area contributed by atoms with Crippen molar-refractivity contribution in [3.63, 3.8) is 0 Å². The van der Waals surface area contributed by atoms with Crippen LogP contribution in [0.4, 0.5) is 0 Å². The average Bonchev–Trinajstić information content (AvgIpc) is 2.83. The summed E-state index contributed by atoms with van der Waals surface area (Å²) in [5.41, 5.74) is 2.88. The van der Waals surface area contributed by atoms with E-state index in [0.29, 0.717) is 12.5 Å². The molecule has 33 heavy (non-hydrogen) atoms. The van der Waals surface area contributed by atoms with Gasteiger partial charge in [0, 0.05) is 0 Å². The Hall–Kier alpha value is -0.370. The second-order valence-electron chi connectivity index (χ2n) is 10.1. The molecule has 0 amide bonds. The monoisotopic (exact) mass is 542 g/mol. The minimum atomic E-state index is -1.89. The first-order valence-electron chi connectivity index (χ1n) is 13.4. The molecular weight excluding hydrogens is 491 g/mol. The van der Waals surface area contributed by atoms with E-state index in [0.717, 1.165) is 18.8 Å². The van der Waals surface area contributed by atoms with Gasteiger partial charge in [-0.1, -0.05) is 0 Å². The van der Waals surface area contributed by atoms with Crippen molar-refractivity contribution in [1.82, 2.24) is 0 Å². The predicted molar refractivity (Wildman–Crippen MR) is 155 cm³/mol. The number of unbranched alkanes of at least 4 members (excludes halogenated alkanes) is 3. The van der Waals surface area contributed by atoms with Crippen molar-refractivity contribution in [2.45, 2.75) is 92.6 Å². The van der Waals surface area contributed by atoms with Crippen molar-refractivity contribution in [1.29, 1.82) is 0 Å². The van der Waals surface area contributed by atoms with Crippen LogP contribution in [-0.4, -0.2) is 38.4 Å². The second-order valence-corrected chi connectivity index (χ2v) is 21.4. The molecule has 0 unspecified atom stereocenters. The third-order valence-corrected chi connectivity index (χ3v) is 16.4. The quantitative estimate of drug-likeness (QED) is 0.0982. The fourth-order valence-electron chi connectivity index (χ4n) is 4.69. The van der Waals surface area contributed by atoms with Crippen LogP contribution in [-0.2, 0) is 11.3 Å². The Bertz CT molecular complexity index is 646. The zero-order valence-electron chi connectivity index (χ0n) is 22.5. The fourth-order valence-corrected chi connectivity index (χ4v) is 13.7. The van der Waals surface area contributed by atoms with Gasteiger partial charge in [0.15, 0.2) is 0 Å². The molecule has 0 spiro atoms. The maximum atomic E-state index is 5.99. The van der Waals surface area contributed by atoms with Crippen LogP contribution in [0, 0.1) is 5.92 Å². The topological polar surface area (TPSA) is 18.5 Å². The second kappa shape index (κ2) is 16.3. The summed E-state index contributed by atoms with van der Waals surface area (Å²) in [6, 6.07) is 8.16. The first-order chi connectivity index (χ1) is 15.8. The predicted octanol–water partition coefficient (Wildman–Crippen LogP) is 9.84. The molecular formula is C29H52BrO2P. The number of hydrogen-bond acceptors (Lipinski definition) is 2. The van der Waals surface area contributed by atoms with Crippen molar-refractivity contribution >= 4 is 20.8 Å². The Balaban J connectivity index is 2.76. The average molecular weight is 544 g/mol. The van der Waals surface area contributed by atoms with Crippen molar-refractivity contribution in [2.75, 3.05) is 38.4 Å². The molecule has 0 bridgehead atoms. The van der Waals surface area contributed by atoms with Gasteiger partial charge in [-0.25, -0.2) is 0 Å². The van der Waals surface area contributed by atoms with Crippen LogP contribution in [0.15, 0.2) is 35.9 Å². The SMILES string of the molecule is CCCCP(Br)(CCCC)(CCCC)C/C(=C\[C@H](C)CCOCc1ccc(OC)cc1)CC. The van der Waals surface area contributed by atoms with Crippen molar-refractivity contribution in [3.8, 4) is 5.75 Å². The van der Waals surface area contributed by atoms with E-state index in [1.165, 1.54) is 75.2 Å². The van der Waals surface area contributed by atoms with E-state index < -0.39 is 5.31 Å². The number of rotatable bonds is 19. The van der Waals surface area contributed by atoms with Gasteiger partial charge in [0.2, 0.25) is 0 Å². The van der Waals surface area contributed by atoms with Gasteiger partial charge in [-0.3, -0.25) is 0 Å². The van der Waals surface area contributed by atoms with Crippen LogP contribution in [0.25, 0.3) is 0 Å². The molecule has 0 heterocycles. The molecule has 1 atom stereocenters. The number of halogens is 1. The van der Waals surface area contributed by atoms with E-state index in [9.17, 15) is 0 Å². The molecule has 1 rings (SSSR count). The van der Waals surface area contributed by atoms with Crippen molar-refractivity contribution in [3.05, 3.63) is 41.5 Å². The Morgan fingerprint density at radius 1 is 0.939 bits per heavy atom. The Morgan fingerprint density at radius 3 is 1.94 bits per heavy atom. The first kappa shape index (κ1) is 30.7. The number of methoxy groups -OCH3 is 1. The van der Waals surface area contributed by atoms with Gasteiger partial charge in [-0.05, 0) is 0 Å². The molecule has 0 aliphatic heterocycles. The standard InChI is InChI=1S/C29H52BrO2P/c1-7-11-20-33(30,21-12-8-2,22-13-9-3)25-27(10-4)23-26(5)18-19-32-24-28-14-16-29(31-6)17-15-28/h14-17,23,26H,7-13,18-22,24-25H2,1-6H3/b27-23-/t26-/m1/s1. The van der Waals surface area contributed by atoms with E-state index in [4.69, 9.17) is 9.47 Å². The zero-order valence-corrected chi connectivity index (χ0v) is 25.0. The molecule has 0 N–H and O–H groups in total. The summed E-state index contributed by atoms with van der Waals surface area (Å²) in [6.07, 6.45) is 18.4. The molecule has 0 saturated heterocycles. The summed E-state index contributed by atoms with van der Waals surface area (Å²) < 4.78 is 11.2. The third kappa shape index (κ3) is 11.7. The number of hydrogen-bond donors (Lipinski definition) is 0. The zero-order chi connectivity index (χ0) is 24.6. The normalized spacial score (nSPS) is 14.6. The summed E-state index contributed by atoms with van der Waals surface area (Å²) in [5, 5.41) is -1.89. The van der Waals surface area contributed by atoms with Crippen molar-refractivity contribution in [2.24, 2.45) is 5.92 Å². The van der Waals surface area contributed by atoms with Gasteiger partial charge in [-0.2, -0.15) is 0 Å². The number of allylic oxidation sites excluding steroid dienone is 2. The van der Waals surface area contributed by atoms with Gasteiger partial charge in [0.25, 0.3) is 0 Å². The third-order valence-electron chi connectivity index (χ3n) is 6.93.